The third-order valence-electron chi connectivity index (χ3n) is 2.59. The molecule has 1 amide bonds. The summed E-state index contributed by atoms with van der Waals surface area (Å²) in [5.41, 5.74) is 4.60. The minimum atomic E-state index is -1.03. The Hall–Kier alpha value is -2.67. The summed E-state index contributed by atoms with van der Waals surface area (Å²) in [5.74, 6) is -2.69. The minimum absolute atomic E-state index is 0.0511. The molecule has 7 heteroatoms. The van der Waals surface area contributed by atoms with Crippen molar-refractivity contribution in [2.24, 2.45) is 0 Å². The summed E-state index contributed by atoms with van der Waals surface area (Å²) in [6.07, 6.45) is 0.102. The van der Waals surface area contributed by atoms with E-state index < -0.39 is 17.5 Å². The molecule has 0 atom stereocenters. The van der Waals surface area contributed by atoms with Crippen LogP contribution in [0, 0.1) is 34.3 Å². The Balaban J connectivity index is 3.02. The number of carbonyl (C=O) groups is 1. The van der Waals surface area contributed by atoms with Gasteiger partial charge in [0.2, 0.25) is 0 Å². The normalized spacial score (nSPS) is 9.60. The van der Waals surface area contributed by atoms with Crippen LogP contribution in [0.1, 0.15) is 23.2 Å². The zero-order chi connectivity index (χ0) is 15.1. The van der Waals surface area contributed by atoms with Crippen LogP contribution in [-0.4, -0.2) is 23.9 Å². The molecular weight excluding hydrogens is 266 g/mol. The Morgan fingerprint density at radius 3 is 2.20 bits per heavy atom. The lowest BCUT2D eigenvalue weighted by Crippen LogP contribution is -2.33. The van der Waals surface area contributed by atoms with E-state index in [4.69, 9.17) is 16.3 Å². The standard InChI is InChI=1S/C13H12F2N4O/c14-10-8-11(15)12(18)7-9(10)13(20)19(5-1-3-16)6-2-4-17/h7-8H,1-2,5-6,18H2. The highest BCUT2D eigenvalue weighted by Gasteiger charge is 2.20. The lowest BCUT2D eigenvalue weighted by atomic mass is 10.1. The first-order valence-electron chi connectivity index (χ1n) is 5.79. The molecule has 0 aliphatic carbocycles. The minimum Gasteiger partial charge on any atom is -0.396 e. The van der Waals surface area contributed by atoms with Gasteiger partial charge in [-0.25, -0.2) is 8.78 Å². The third kappa shape index (κ3) is 3.66. The number of hydrogen-bond donors (Lipinski definition) is 1. The van der Waals surface area contributed by atoms with E-state index >= 15 is 0 Å². The first-order chi connectivity index (χ1) is 9.51. The number of nitrogen functional groups attached to an aromatic ring is 1. The SMILES string of the molecule is N#CCCN(CCC#N)C(=O)c1cc(N)c(F)cc1F. The van der Waals surface area contributed by atoms with Gasteiger partial charge < -0.3 is 10.6 Å². The largest absolute Gasteiger partial charge is 0.396 e. The molecule has 0 heterocycles. The highest BCUT2D eigenvalue weighted by atomic mass is 19.1. The van der Waals surface area contributed by atoms with Crippen molar-refractivity contribution >= 4 is 11.6 Å². The van der Waals surface area contributed by atoms with E-state index in [2.05, 4.69) is 0 Å². The lowest BCUT2D eigenvalue weighted by Gasteiger charge is -2.20. The average Bonchev–Trinajstić information content (AvgIpc) is 2.42. The third-order valence-corrected chi connectivity index (χ3v) is 2.59. The molecule has 1 rings (SSSR count). The van der Waals surface area contributed by atoms with Crippen LogP contribution in [0.5, 0.6) is 0 Å². The van der Waals surface area contributed by atoms with E-state index in [-0.39, 0.29) is 37.2 Å². The lowest BCUT2D eigenvalue weighted by molar-refractivity contribution is 0.0758. The predicted molar refractivity (Wildman–Crippen MR) is 67.1 cm³/mol. The van der Waals surface area contributed by atoms with E-state index in [1.807, 2.05) is 12.1 Å². The van der Waals surface area contributed by atoms with E-state index in [1.54, 1.807) is 0 Å². The summed E-state index contributed by atoms with van der Waals surface area (Å²) in [6.45, 7) is 0.126. The molecule has 2 N–H and O–H groups in total. The van der Waals surface area contributed by atoms with Crippen molar-refractivity contribution in [3.8, 4) is 12.1 Å². The number of carbonyl (C=O) groups excluding carboxylic acids is 1. The summed E-state index contributed by atoms with van der Waals surface area (Å²) < 4.78 is 26.7. The van der Waals surface area contributed by atoms with Gasteiger partial charge in [-0.05, 0) is 6.07 Å². The quantitative estimate of drug-likeness (QED) is 0.831. The first kappa shape index (κ1) is 15.4. The maximum absolute atomic E-state index is 13.6. The number of amides is 1. The second-order valence-corrected chi connectivity index (χ2v) is 3.96. The van der Waals surface area contributed by atoms with Gasteiger partial charge in [0.25, 0.3) is 5.91 Å². The Morgan fingerprint density at radius 1 is 1.15 bits per heavy atom. The Labute approximate surface area is 114 Å². The molecule has 104 valence electrons. The molecule has 20 heavy (non-hydrogen) atoms. The van der Waals surface area contributed by atoms with Gasteiger partial charge in [-0.3, -0.25) is 4.79 Å². The molecule has 0 fully saturated rings. The van der Waals surface area contributed by atoms with Crippen molar-refractivity contribution in [1.29, 1.82) is 10.5 Å². The fourth-order valence-corrected chi connectivity index (χ4v) is 1.58. The summed E-state index contributed by atoms with van der Waals surface area (Å²) in [5, 5.41) is 17.1. The molecule has 0 bridgehead atoms. The smallest absolute Gasteiger partial charge is 0.256 e. The fraction of sp³-hybridized carbons (Fsp3) is 0.308. The number of halogens is 2. The molecular formula is C13H12F2N4O. The number of benzene rings is 1. The monoisotopic (exact) mass is 278 g/mol. The van der Waals surface area contributed by atoms with Crippen LogP contribution in [0.2, 0.25) is 0 Å². The molecule has 5 nitrogen and oxygen atoms in total. The molecule has 0 saturated heterocycles. The maximum atomic E-state index is 13.6. The molecule has 0 unspecified atom stereocenters. The van der Waals surface area contributed by atoms with Gasteiger partial charge in [-0.15, -0.1) is 0 Å². The Bertz CT molecular complexity index is 571. The van der Waals surface area contributed by atoms with E-state index in [0.29, 0.717) is 6.07 Å². The number of nitrogens with two attached hydrogens (primary N) is 1. The van der Waals surface area contributed by atoms with Crippen LogP contribution in [0.15, 0.2) is 12.1 Å². The highest BCUT2D eigenvalue weighted by Crippen LogP contribution is 2.18. The van der Waals surface area contributed by atoms with Crippen LogP contribution in [0.3, 0.4) is 0 Å². The van der Waals surface area contributed by atoms with Gasteiger partial charge in [0.05, 0.1) is 36.2 Å². The van der Waals surface area contributed by atoms with E-state index in [0.717, 1.165) is 6.07 Å². The number of anilines is 1. The number of nitrogens with zero attached hydrogens (tertiary/aromatic N) is 3. The zero-order valence-corrected chi connectivity index (χ0v) is 10.6. The van der Waals surface area contributed by atoms with Crippen molar-refractivity contribution in [3.63, 3.8) is 0 Å². The summed E-state index contributed by atoms with van der Waals surface area (Å²) >= 11 is 0. The van der Waals surface area contributed by atoms with Crippen LogP contribution < -0.4 is 5.73 Å². The van der Waals surface area contributed by atoms with Gasteiger partial charge in [0.1, 0.15) is 11.6 Å². The summed E-state index contributed by atoms with van der Waals surface area (Å²) in [7, 11) is 0. The van der Waals surface area contributed by atoms with Crippen LogP contribution in [0.4, 0.5) is 14.5 Å². The van der Waals surface area contributed by atoms with Crippen molar-refractivity contribution in [2.75, 3.05) is 18.8 Å². The molecule has 0 spiro atoms. The topological polar surface area (TPSA) is 93.9 Å². The second-order valence-electron chi connectivity index (χ2n) is 3.96. The van der Waals surface area contributed by atoms with Crippen LogP contribution >= 0.6 is 0 Å². The van der Waals surface area contributed by atoms with Crippen molar-refractivity contribution in [3.05, 3.63) is 29.3 Å². The molecule has 0 saturated carbocycles. The summed E-state index contributed by atoms with van der Waals surface area (Å²) in [4.78, 5) is 13.3. The number of nitriles is 2. The van der Waals surface area contributed by atoms with Crippen LogP contribution in [0.25, 0.3) is 0 Å². The second kappa shape index (κ2) is 7.05. The van der Waals surface area contributed by atoms with Gasteiger partial charge in [-0.2, -0.15) is 10.5 Å². The fourth-order valence-electron chi connectivity index (χ4n) is 1.58. The van der Waals surface area contributed by atoms with Gasteiger partial charge in [0.15, 0.2) is 0 Å². The number of hydrogen-bond acceptors (Lipinski definition) is 4. The van der Waals surface area contributed by atoms with Crippen molar-refractivity contribution in [2.45, 2.75) is 12.8 Å². The van der Waals surface area contributed by atoms with Crippen LogP contribution in [-0.2, 0) is 0 Å². The molecule has 1 aromatic carbocycles. The first-order valence-corrected chi connectivity index (χ1v) is 5.79. The highest BCUT2D eigenvalue weighted by molar-refractivity contribution is 5.95. The summed E-state index contributed by atoms with van der Waals surface area (Å²) in [6, 6.07) is 5.17. The Kier molecular flexibility index (Phi) is 5.42. The zero-order valence-electron chi connectivity index (χ0n) is 10.6. The maximum Gasteiger partial charge on any atom is 0.256 e. The van der Waals surface area contributed by atoms with E-state index in [9.17, 15) is 13.6 Å². The molecule has 0 radical (unpaired) electrons. The number of rotatable bonds is 5. The molecule has 0 aliphatic heterocycles. The van der Waals surface area contributed by atoms with Gasteiger partial charge >= 0.3 is 0 Å². The van der Waals surface area contributed by atoms with Crippen molar-refractivity contribution in [1.82, 2.24) is 4.90 Å². The van der Waals surface area contributed by atoms with Gasteiger partial charge in [0, 0.05) is 19.2 Å². The van der Waals surface area contributed by atoms with Crippen molar-refractivity contribution < 1.29 is 13.6 Å². The Morgan fingerprint density at radius 2 is 1.70 bits per heavy atom. The van der Waals surface area contributed by atoms with E-state index in [1.165, 1.54) is 4.90 Å². The average molecular weight is 278 g/mol. The molecule has 0 aliphatic rings. The van der Waals surface area contributed by atoms with Gasteiger partial charge in [-0.1, -0.05) is 0 Å². The molecule has 0 aromatic heterocycles. The molecule has 1 aromatic rings. The predicted octanol–water partition coefficient (Wildman–Crippen LogP) is 1.82.